The Balaban J connectivity index is 1.18. The number of hydrogen-bond donors (Lipinski definition) is 6. The number of fused-ring (bicyclic) bond motifs is 3. The summed E-state index contributed by atoms with van der Waals surface area (Å²) < 4.78 is 0.554. The van der Waals surface area contributed by atoms with E-state index >= 15 is 0 Å². The summed E-state index contributed by atoms with van der Waals surface area (Å²) in [5.74, 6) is -7.78. The van der Waals surface area contributed by atoms with E-state index in [-0.39, 0.29) is 62.6 Å². The van der Waals surface area contributed by atoms with Gasteiger partial charge >= 0.3 is 17.9 Å². The highest BCUT2D eigenvalue weighted by molar-refractivity contribution is 8.00. The van der Waals surface area contributed by atoms with E-state index in [2.05, 4.69) is 17.2 Å². The number of β-lactam (4-membered cyclic amide) rings is 1. The number of aliphatic carboxylic acids is 3. The van der Waals surface area contributed by atoms with E-state index in [1.807, 2.05) is 6.92 Å². The van der Waals surface area contributed by atoms with Crippen LogP contribution in [-0.4, -0.2) is 123 Å². The fourth-order valence-corrected chi connectivity index (χ4v) is 10.6. The minimum Gasteiger partial charge on any atom is -0.504 e. The molecule has 0 spiro atoms. The molecule has 294 valence electrons. The van der Waals surface area contributed by atoms with Gasteiger partial charge in [0.15, 0.2) is 33.9 Å². The summed E-state index contributed by atoms with van der Waals surface area (Å²) >= 11 is 8.30. The average Bonchev–Trinajstić information content (AvgIpc) is 3.58. The Bertz CT molecular complexity index is 2000. The van der Waals surface area contributed by atoms with Gasteiger partial charge in [-0.25, -0.2) is 14.6 Å². The van der Waals surface area contributed by atoms with Crippen LogP contribution in [0.3, 0.4) is 0 Å². The molecule has 3 fully saturated rings. The molecule has 2 bridgehead atoms. The van der Waals surface area contributed by atoms with Crippen molar-refractivity contribution in [2.24, 2.45) is 17.0 Å². The molecule has 8 atom stereocenters. The van der Waals surface area contributed by atoms with Crippen molar-refractivity contribution in [1.82, 2.24) is 9.88 Å². The number of aromatic hydroxyl groups is 2. The minimum absolute atomic E-state index is 0.0448. The molecule has 1 amide bonds. The smallest absolute Gasteiger partial charge is 0.352 e. The third-order valence-corrected chi connectivity index (χ3v) is 13.6. The van der Waals surface area contributed by atoms with Gasteiger partial charge in [-0.15, -0.1) is 23.1 Å². The first-order valence-electron chi connectivity index (χ1n) is 17.4. The molecule has 4 aliphatic rings. The highest BCUT2D eigenvalue weighted by Gasteiger charge is 2.58. The number of quaternary nitrogens is 1. The molecule has 0 radical (unpaired) electrons. The van der Waals surface area contributed by atoms with Gasteiger partial charge in [-0.3, -0.25) is 24.1 Å². The van der Waals surface area contributed by atoms with Crippen LogP contribution in [0, 0.1) is 11.8 Å². The van der Waals surface area contributed by atoms with E-state index in [9.17, 15) is 49.2 Å². The Morgan fingerprint density at radius 2 is 1.78 bits per heavy atom. The zero-order valence-corrected chi connectivity index (χ0v) is 32.0. The number of nitrogen functional groups attached to an aromatic ring is 1. The molecule has 5 heterocycles. The molecule has 4 aliphatic heterocycles. The number of hydrogen-bond acceptors (Lipinski definition) is 14. The van der Waals surface area contributed by atoms with Crippen molar-refractivity contribution >= 4 is 80.9 Å². The summed E-state index contributed by atoms with van der Waals surface area (Å²) in [6, 6.07) is 2.79. The number of carboxylic acids is 3. The number of carboxylic acid groups (broad SMARTS) is 3. The Kier molecular flexibility index (Phi) is 11.2. The maximum absolute atomic E-state index is 13.7. The van der Waals surface area contributed by atoms with Crippen molar-refractivity contribution in [2.75, 3.05) is 19.3 Å². The molecule has 1 aromatic heterocycles. The Hall–Kier alpha value is -4.72. The Morgan fingerprint density at radius 1 is 1.11 bits per heavy atom. The highest BCUT2D eigenvalue weighted by Crippen LogP contribution is 2.51. The van der Waals surface area contributed by atoms with Crippen LogP contribution in [0.1, 0.15) is 67.9 Å². The third kappa shape index (κ3) is 7.74. The van der Waals surface area contributed by atoms with E-state index in [4.69, 9.17) is 27.3 Å². The molecule has 20 heteroatoms. The van der Waals surface area contributed by atoms with E-state index in [1.165, 1.54) is 34.2 Å². The van der Waals surface area contributed by atoms with Gasteiger partial charge in [-0.1, -0.05) is 16.8 Å². The van der Waals surface area contributed by atoms with Gasteiger partial charge in [0, 0.05) is 60.3 Å². The molecule has 1 aromatic carbocycles. The number of carbonyl (C=O) groups is 6. The number of carbonyl (C=O) groups excluding carboxylic acids is 3. The summed E-state index contributed by atoms with van der Waals surface area (Å²) in [7, 11) is 2.09. The second-order valence-electron chi connectivity index (χ2n) is 14.5. The number of piperidine rings is 1. The van der Waals surface area contributed by atoms with E-state index in [1.54, 1.807) is 0 Å². The van der Waals surface area contributed by atoms with Gasteiger partial charge in [0.25, 0.3) is 0 Å². The molecule has 0 aliphatic carbocycles. The highest BCUT2D eigenvalue weighted by atomic mass is 35.5. The van der Waals surface area contributed by atoms with Gasteiger partial charge in [-0.2, -0.15) is 0 Å². The lowest BCUT2D eigenvalue weighted by atomic mass is 9.83. The van der Waals surface area contributed by atoms with Crippen molar-refractivity contribution < 1.29 is 63.6 Å². The van der Waals surface area contributed by atoms with Gasteiger partial charge < -0.3 is 40.6 Å². The first-order valence-corrected chi connectivity index (χ1v) is 19.6. The fourth-order valence-electron chi connectivity index (χ4n) is 8.34. The molecule has 7 N–H and O–H groups in total. The topological polar surface area (TPSA) is 267 Å². The van der Waals surface area contributed by atoms with Crippen molar-refractivity contribution in [1.29, 1.82) is 0 Å². The lowest BCUT2D eigenvalue weighted by Crippen LogP contribution is -2.64. The zero-order valence-electron chi connectivity index (χ0n) is 29.6. The lowest BCUT2D eigenvalue weighted by Gasteiger charge is -2.53. The van der Waals surface area contributed by atoms with Crippen LogP contribution < -0.4 is 5.73 Å². The van der Waals surface area contributed by atoms with Crippen molar-refractivity contribution in [3.63, 3.8) is 0 Å². The summed E-state index contributed by atoms with van der Waals surface area (Å²) in [4.78, 5) is 86.3. The number of nitrogens with two attached hydrogens (primary N) is 1. The van der Waals surface area contributed by atoms with Crippen molar-refractivity contribution in [3.05, 3.63) is 45.1 Å². The monoisotopic (exact) mass is 820 g/mol. The number of aromatic nitrogens is 1. The summed E-state index contributed by atoms with van der Waals surface area (Å²) in [6.07, 6.45) is 0.118. The fraction of sp³-hybridized carbons (Fsp3) is 0.486. The molecule has 0 saturated carbocycles. The number of thiazole rings is 1. The number of anilines is 1. The number of phenols is 2. The summed E-state index contributed by atoms with van der Waals surface area (Å²) in [5.41, 5.74) is 5.91. The zero-order chi connectivity index (χ0) is 40.1. The van der Waals surface area contributed by atoms with Crippen LogP contribution in [0.2, 0.25) is 5.02 Å². The van der Waals surface area contributed by atoms with Crippen LogP contribution in [-0.2, 0) is 28.8 Å². The first-order chi connectivity index (χ1) is 25.9. The number of nitrogens with zero attached hydrogens (tertiary/aromatic N) is 4. The number of benzene rings is 1. The second kappa shape index (κ2) is 15.4. The minimum atomic E-state index is -1.91. The molecular weight excluding hydrogens is 782 g/mol. The number of amides is 1. The van der Waals surface area contributed by atoms with Crippen molar-refractivity contribution in [2.45, 2.75) is 80.7 Å². The molecule has 17 nitrogen and oxygen atoms in total. The lowest BCUT2D eigenvalue weighted by molar-refractivity contribution is -0.945. The third-order valence-electron chi connectivity index (χ3n) is 11.1. The molecule has 55 heavy (non-hydrogen) atoms. The Morgan fingerprint density at radius 3 is 2.35 bits per heavy atom. The maximum Gasteiger partial charge on any atom is 0.352 e. The number of oxime groups is 1. The SMILES string of the molecule is C[C@@H]1S[C@@H]2[C@H](CC(=O)/C(=N\O[C@@H](CC(=O)O)C(=O)O)c3csc(N)n3)C(=O)N2C(C(=O)O)=C1C[N+]1(C)[C@@H]2CC[C@H]1CC(CC(=O)c1cc(O)c(O)c(Cl)c1)C2. The van der Waals surface area contributed by atoms with Gasteiger partial charge in [0.1, 0.15) is 17.9 Å². The van der Waals surface area contributed by atoms with Crippen LogP contribution in [0.25, 0.3) is 0 Å². The number of phenolic OH excluding ortho intramolecular Hbond substituents is 2. The van der Waals surface area contributed by atoms with Crippen LogP contribution in [0.15, 0.2) is 33.9 Å². The van der Waals surface area contributed by atoms with Crippen LogP contribution in [0.5, 0.6) is 11.5 Å². The van der Waals surface area contributed by atoms with Crippen LogP contribution >= 0.6 is 34.7 Å². The van der Waals surface area contributed by atoms with E-state index in [0.29, 0.717) is 29.4 Å². The number of thioether (sulfide) groups is 1. The molecular formula is C35H39ClN5O12S2+. The Labute approximate surface area is 327 Å². The van der Waals surface area contributed by atoms with Crippen molar-refractivity contribution in [3.8, 4) is 11.5 Å². The molecule has 2 aromatic rings. The van der Waals surface area contributed by atoms with E-state index < -0.39 is 77.0 Å². The second-order valence-corrected chi connectivity index (χ2v) is 17.3. The maximum atomic E-state index is 13.7. The number of rotatable bonds is 15. The van der Waals surface area contributed by atoms with E-state index in [0.717, 1.165) is 24.2 Å². The predicted octanol–water partition coefficient (Wildman–Crippen LogP) is 3.32. The number of likely N-dealkylation sites (N-methyl/N-ethyl adjacent to an activating group) is 1. The van der Waals surface area contributed by atoms with Crippen LogP contribution in [0.4, 0.5) is 5.13 Å². The average molecular weight is 821 g/mol. The number of ketones is 2. The van der Waals surface area contributed by atoms with Gasteiger partial charge in [0.05, 0.1) is 41.9 Å². The first kappa shape index (κ1) is 40.0. The summed E-state index contributed by atoms with van der Waals surface area (Å²) in [6.45, 7) is 2.24. The summed E-state index contributed by atoms with van der Waals surface area (Å²) in [5, 5.41) is 52.6. The molecule has 3 saturated heterocycles. The van der Waals surface area contributed by atoms with Gasteiger partial charge in [0.2, 0.25) is 12.0 Å². The standard InChI is InChI=1S/C35H38ClN5O12S2/c1-14-20(12-41(2)17-3-4-18(41)6-15(5-17)7-23(42)16-8-21(36)30(47)25(44)9-16)29(34(51)52)40-31(48)19(32(40)55-14)10-24(43)28(22-13-54-35(37)38-22)39-53-26(33(49)50)11-27(45)46/h8-9,13-15,17-19,26,32H,3-7,10-12H2,1-2H3,(H6-,37,38,39,42,43,44,45,46,47,49,50,51,52)/p+1/t14-,15?,17-,18+,19+,26-,32+,41?/m0/s1. The molecule has 2 unspecified atom stereocenters. The quantitative estimate of drug-likeness (QED) is 0.0376. The number of halogens is 1. The predicted molar refractivity (Wildman–Crippen MR) is 198 cm³/mol. The molecule has 6 rings (SSSR count). The largest absolute Gasteiger partial charge is 0.504 e. The normalized spacial score (nSPS) is 27.9. The van der Waals surface area contributed by atoms with Gasteiger partial charge in [-0.05, 0) is 25.0 Å². The number of Topliss-reactive ketones (excluding diaryl/α,β-unsaturated/α-hetero) is 2.